The molecule has 0 amide bonds. The van der Waals surface area contributed by atoms with Crippen molar-refractivity contribution in [1.82, 2.24) is 4.98 Å². The number of fused-ring (bicyclic) bond motifs is 1. The molecule has 0 saturated carbocycles. The Kier molecular flexibility index (Phi) is 2.28. The maximum Gasteiger partial charge on any atom is 0.328 e. The number of carbonyl (C=O) groups is 1. The van der Waals surface area contributed by atoms with Crippen molar-refractivity contribution in [3.05, 3.63) is 35.3 Å². The third-order valence-corrected chi connectivity index (χ3v) is 2.57. The van der Waals surface area contributed by atoms with Crippen LogP contribution >= 0.6 is 11.3 Å². The van der Waals surface area contributed by atoms with Crippen LogP contribution in [0.4, 0.5) is 0 Å². The zero-order valence-corrected chi connectivity index (χ0v) is 7.99. The third-order valence-electron chi connectivity index (χ3n) is 1.77. The number of hydrogen-bond acceptors (Lipinski definition) is 3. The molecule has 1 N–H and O–H groups in total. The number of aliphatic carboxylic acids is 1. The predicted molar refractivity (Wildman–Crippen MR) is 56.3 cm³/mol. The van der Waals surface area contributed by atoms with Crippen molar-refractivity contribution in [3.8, 4) is 0 Å². The summed E-state index contributed by atoms with van der Waals surface area (Å²) in [6.07, 6.45) is 2.70. The molecule has 1 aromatic carbocycles. The predicted octanol–water partition coefficient (Wildman–Crippen LogP) is 2.39. The van der Waals surface area contributed by atoms with Crippen LogP contribution in [0.5, 0.6) is 0 Å². The van der Waals surface area contributed by atoms with Crippen LogP contribution in [-0.4, -0.2) is 16.1 Å². The fourth-order valence-corrected chi connectivity index (χ4v) is 1.87. The summed E-state index contributed by atoms with van der Waals surface area (Å²) in [6.45, 7) is 0. The van der Waals surface area contributed by atoms with Crippen LogP contribution < -0.4 is 0 Å². The quantitative estimate of drug-likeness (QED) is 0.766. The summed E-state index contributed by atoms with van der Waals surface area (Å²) in [4.78, 5) is 14.4. The molecule has 1 heterocycles. The van der Waals surface area contributed by atoms with E-state index in [1.165, 1.54) is 0 Å². The molecule has 2 aromatic rings. The topological polar surface area (TPSA) is 50.2 Å². The molecule has 0 spiro atoms. The van der Waals surface area contributed by atoms with Gasteiger partial charge in [0.1, 0.15) is 0 Å². The minimum atomic E-state index is -0.936. The van der Waals surface area contributed by atoms with Gasteiger partial charge in [-0.3, -0.25) is 0 Å². The molecule has 0 aliphatic carbocycles. The Balaban J connectivity index is 2.39. The number of benzene rings is 1. The first kappa shape index (κ1) is 8.90. The molecule has 3 nitrogen and oxygen atoms in total. The van der Waals surface area contributed by atoms with Crippen LogP contribution in [0.15, 0.2) is 29.8 Å². The van der Waals surface area contributed by atoms with E-state index in [-0.39, 0.29) is 0 Å². The first-order valence-electron chi connectivity index (χ1n) is 4.00. The molecule has 2 rings (SSSR count). The van der Waals surface area contributed by atoms with E-state index >= 15 is 0 Å². The number of aromatic nitrogens is 1. The van der Waals surface area contributed by atoms with E-state index in [2.05, 4.69) is 4.98 Å². The van der Waals surface area contributed by atoms with Gasteiger partial charge in [-0.2, -0.15) is 0 Å². The lowest BCUT2D eigenvalue weighted by Crippen LogP contribution is -1.85. The van der Waals surface area contributed by atoms with Gasteiger partial charge in [0, 0.05) is 6.08 Å². The zero-order chi connectivity index (χ0) is 9.97. The molecular formula is C10H7NO2S. The molecule has 0 unspecified atom stereocenters. The van der Waals surface area contributed by atoms with Gasteiger partial charge in [0.25, 0.3) is 0 Å². The summed E-state index contributed by atoms with van der Waals surface area (Å²) < 4.78 is 1.07. The Bertz CT molecular complexity index is 502. The number of rotatable bonds is 2. The molecule has 1 aromatic heterocycles. The molecular weight excluding hydrogens is 198 g/mol. The van der Waals surface area contributed by atoms with Crippen molar-refractivity contribution in [2.45, 2.75) is 0 Å². The van der Waals surface area contributed by atoms with Gasteiger partial charge in [-0.25, -0.2) is 9.78 Å². The molecule has 70 valence electrons. The first-order valence-corrected chi connectivity index (χ1v) is 4.88. The van der Waals surface area contributed by atoms with Crippen LogP contribution in [0.3, 0.4) is 0 Å². The zero-order valence-electron chi connectivity index (χ0n) is 7.18. The Morgan fingerprint density at radius 3 is 3.14 bits per heavy atom. The SMILES string of the molecule is O=C(O)C=Cc1ccc2ncsc2c1. The molecule has 4 heteroatoms. The number of thiazole rings is 1. The smallest absolute Gasteiger partial charge is 0.328 e. The van der Waals surface area contributed by atoms with Crippen LogP contribution in [0.1, 0.15) is 5.56 Å². The average molecular weight is 205 g/mol. The number of nitrogens with zero attached hydrogens (tertiary/aromatic N) is 1. The largest absolute Gasteiger partial charge is 0.478 e. The molecule has 0 atom stereocenters. The van der Waals surface area contributed by atoms with Crippen molar-refractivity contribution in [2.75, 3.05) is 0 Å². The fraction of sp³-hybridized carbons (Fsp3) is 0. The van der Waals surface area contributed by atoms with Crippen molar-refractivity contribution in [2.24, 2.45) is 0 Å². The highest BCUT2D eigenvalue weighted by Gasteiger charge is 1.96. The van der Waals surface area contributed by atoms with Crippen molar-refractivity contribution >= 4 is 33.6 Å². The second-order valence-corrected chi connectivity index (χ2v) is 3.64. The highest BCUT2D eigenvalue weighted by Crippen LogP contribution is 2.19. The lowest BCUT2D eigenvalue weighted by atomic mass is 10.2. The van der Waals surface area contributed by atoms with Gasteiger partial charge in [0.2, 0.25) is 0 Å². The van der Waals surface area contributed by atoms with E-state index in [4.69, 9.17) is 5.11 Å². The third kappa shape index (κ3) is 1.80. The molecule has 14 heavy (non-hydrogen) atoms. The van der Waals surface area contributed by atoms with Crippen molar-refractivity contribution in [1.29, 1.82) is 0 Å². The van der Waals surface area contributed by atoms with Gasteiger partial charge in [-0.15, -0.1) is 11.3 Å². The number of carboxylic acids is 1. The normalized spacial score (nSPS) is 11.1. The first-order chi connectivity index (χ1) is 6.75. The maximum atomic E-state index is 10.3. The standard InChI is InChI=1S/C10H7NO2S/c12-10(13)4-2-7-1-3-8-9(5-7)14-6-11-8/h1-6H,(H,12,13). The lowest BCUT2D eigenvalue weighted by Gasteiger charge is -1.91. The summed E-state index contributed by atoms with van der Waals surface area (Å²) >= 11 is 1.54. The van der Waals surface area contributed by atoms with Crippen LogP contribution in [0.25, 0.3) is 16.3 Å². The molecule has 0 radical (unpaired) electrons. The minimum absolute atomic E-state index is 0.879. The Morgan fingerprint density at radius 1 is 1.50 bits per heavy atom. The number of carboxylic acid groups (broad SMARTS) is 1. The van der Waals surface area contributed by atoms with Crippen molar-refractivity contribution < 1.29 is 9.90 Å². The van der Waals surface area contributed by atoms with Gasteiger partial charge < -0.3 is 5.11 Å². The maximum absolute atomic E-state index is 10.3. The van der Waals surface area contributed by atoms with Gasteiger partial charge >= 0.3 is 5.97 Å². The van der Waals surface area contributed by atoms with E-state index in [1.54, 1.807) is 22.9 Å². The van der Waals surface area contributed by atoms with E-state index < -0.39 is 5.97 Å². The van der Waals surface area contributed by atoms with E-state index in [0.29, 0.717) is 0 Å². The van der Waals surface area contributed by atoms with Crippen LogP contribution in [-0.2, 0) is 4.79 Å². The molecule has 0 aliphatic heterocycles. The summed E-state index contributed by atoms with van der Waals surface area (Å²) in [5, 5.41) is 8.45. The summed E-state index contributed by atoms with van der Waals surface area (Å²) in [5.74, 6) is -0.936. The fourth-order valence-electron chi connectivity index (χ4n) is 1.14. The van der Waals surface area contributed by atoms with Gasteiger partial charge in [-0.05, 0) is 23.8 Å². The van der Waals surface area contributed by atoms with Gasteiger partial charge in [0.15, 0.2) is 0 Å². The second kappa shape index (κ2) is 3.59. The van der Waals surface area contributed by atoms with Crippen molar-refractivity contribution in [3.63, 3.8) is 0 Å². The van der Waals surface area contributed by atoms with E-state index in [0.717, 1.165) is 21.9 Å². The van der Waals surface area contributed by atoms with E-state index in [1.807, 2.05) is 18.2 Å². The van der Waals surface area contributed by atoms with Gasteiger partial charge in [-0.1, -0.05) is 6.07 Å². The highest BCUT2D eigenvalue weighted by molar-refractivity contribution is 7.16. The Hall–Kier alpha value is -1.68. The van der Waals surface area contributed by atoms with Crippen LogP contribution in [0, 0.1) is 0 Å². The van der Waals surface area contributed by atoms with Gasteiger partial charge in [0.05, 0.1) is 15.7 Å². The molecule has 0 bridgehead atoms. The monoisotopic (exact) mass is 205 g/mol. The lowest BCUT2D eigenvalue weighted by molar-refractivity contribution is -0.131. The number of hydrogen-bond donors (Lipinski definition) is 1. The molecule has 0 saturated heterocycles. The molecule has 0 aliphatic rings. The second-order valence-electron chi connectivity index (χ2n) is 2.75. The summed E-state index contributed by atoms with van der Waals surface area (Å²) in [6, 6.07) is 5.65. The Morgan fingerprint density at radius 2 is 2.36 bits per heavy atom. The highest BCUT2D eigenvalue weighted by atomic mass is 32.1. The summed E-state index contributed by atoms with van der Waals surface area (Å²) in [7, 11) is 0. The summed E-state index contributed by atoms with van der Waals surface area (Å²) in [5.41, 5.74) is 3.60. The Labute approximate surface area is 84.3 Å². The minimum Gasteiger partial charge on any atom is -0.478 e. The molecule has 0 fully saturated rings. The average Bonchev–Trinajstić information content (AvgIpc) is 2.61. The van der Waals surface area contributed by atoms with E-state index in [9.17, 15) is 4.79 Å². The van der Waals surface area contributed by atoms with Crippen LogP contribution in [0.2, 0.25) is 0 Å².